The zero-order valence-corrected chi connectivity index (χ0v) is 13.6. The van der Waals surface area contributed by atoms with Crippen molar-refractivity contribution in [3.63, 3.8) is 0 Å². The van der Waals surface area contributed by atoms with Gasteiger partial charge in [-0.1, -0.05) is 0 Å². The Kier molecular flexibility index (Phi) is 5.62. The highest BCUT2D eigenvalue weighted by atomic mass is 32.2. The van der Waals surface area contributed by atoms with E-state index < -0.39 is 20.6 Å². The normalized spacial score (nSPS) is 16.9. The SMILES string of the molecule is CSC(P)(P)C(P)(P)C(N)(C=O)C(=O)O. The number of carbonyl (C=O) groups is 2. The standard InChI is InChI=1S/C6H15NO3P4S/c1-15-6(13,14)5(11,12)4(7,2-8)3(9)10/h2H,7,11-14H2,1H3,(H,9,10). The highest BCUT2D eigenvalue weighted by Crippen LogP contribution is 2.58. The maximum atomic E-state index is 11.1. The van der Waals surface area contributed by atoms with Gasteiger partial charge in [0.05, 0.1) is 9.13 Å². The van der Waals surface area contributed by atoms with Crippen molar-refractivity contribution in [2.45, 2.75) is 14.7 Å². The Bertz CT molecular complexity index is 286. The van der Waals surface area contributed by atoms with Gasteiger partial charge in [-0.15, -0.1) is 48.7 Å². The Morgan fingerprint density at radius 3 is 2.00 bits per heavy atom. The van der Waals surface area contributed by atoms with E-state index in [9.17, 15) is 9.59 Å². The summed E-state index contributed by atoms with van der Waals surface area (Å²) in [4.78, 5) is 20.9. The number of rotatable bonds is 5. The molecule has 0 amide bonds. The van der Waals surface area contributed by atoms with Gasteiger partial charge in [0.25, 0.3) is 0 Å². The summed E-state index contributed by atoms with van der Waals surface area (Å²) in [7, 11) is 9.62. The Labute approximate surface area is 102 Å². The molecule has 0 aliphatic carbocycles. The number of carbonyl (C=O) groups excluding carboxylic acids is 1. The third-order valence-corrected chi connectivity index (χ3v) is 9.25. The number of thioether (sulfide) groups is 1. The van der Waals surface area contributed by atoms with Crippen LogP contribution < -0.4 is 5.73 Å². The van der Waals surface area contributed by atoms with Gasteiger partial charge < -0.3 is 15.6 Å². The highest BCUT2D eigenvalue weighted by molar-refractivity contribution is 8.08. The predicted octanol–water partition coefficient (Wildman–Crippen LogP) is 0.181. The van der Waals surface area contributed by atoms with Crippen LogP contribution in [0, 0.1) is 0 Å². The smallest absolute Gasteiger partial charge is 0.332 e. The molecule has 0 radical (unpaired) electrons. The Hall–Kier alpha value is 1.17. The zero-order valence-electron chi connectivity index (χ0n) is 8.14. The van der Waals surface area contributed by atoms with Gasteiger partial charge in [-0.25, -0.2) is 4.79 Å². The second kappa shape index (κ2) is 5.21. The predicted molar refractivity (Wildman–Crippen MR) is 78.4 cm³/mol. The fourth-order valence-corrected chi connectivity index (χ4v) is 2.89. The van der Waals surface area contributed by atoms with E-state index in [2.05, 4.69) is 37.0 Å². The van der Waals surface area contributed by atoms with Crippen molar-refractivity contribution in [1.82, 2.24) is 0 Å². The second-order valence-electron chi connectivity index (χ2n) is 3.16. The molecular weight excluding hydrogens is 290 g/mol. The molecule has 5 unspecified atom stereocenters. The molecule has 3 N–H and O–H groups in total. The third kappa shape index (κ3) is 2.71. The topological polar surface area (TPSA) is 80.4 Å². The van der Waals surface area contributed by atoms with Crippen LogP contribution in [0.2, 0.25) is 0 Å². The molecule has 0 bridgehead atoms. The summed E-state index contributed by atoms with van der Waals surface area (Å²) in [5, 5.41) is 9.02. The van der Waals surface area contributed by atoms with Crippen molar-refractivity contribution in [3.8, 4) is 0 Å². The minimum Gasteiger partial charge on any atom is -0.480 e. The molecule has 0 rings (SSSR count). The summed E-state index contributed by atoms with van der Waals surface area (Å²) in [5.74, 6) is -1.36. The van der Waals surface area contributed by atoms with Crippen LogP contribution in [-0.4, -0.2) is 38.3 Å². The largest absolute Gasteiger partial charge is 0.480 e. The van der Waals surface area contributed by atoms with Crippen LogP contribution in [0.15, 0.2) is 0 Å². The molecule has 0 fully saturated rings. The first-order valence-electron chi connectivity index (χ1n) is 3.76. The van der Waals surface area contributed by atoms with Crippen molar-refractivity contribution in [1.29, 1.82) is 0 Å². The summed E-state index contributed by atoms with van der Waals surface area (Å²) in [6.45, 7) is 0. The van der Waals surface area contributed by atoms with Gasteiger partial charge >= 0.3 is 5.97 Å². The molecule has 0 saturated carbocycles. The molecule has 0 saturated heterocycles. The Morgan fingerprint density at radius 2 is 1.80 bits per heavy atom. The van der Waals surface area contributed by atoms with Crippen LogP contribution in [0.5, 0.6) is 0 Å². The number of carboxylic acids is 1. The lowest BCUT2D eigenvalue weighted by atomic mass is 9.98. The molecule has 88 valence electrons. The lowest BCUT2D eigenvalue weighted by molar-refractivity contribution is -0.145. The number of aliphatic carboxylic acids is 1. The first-order valence-corrected chi connectivity index (χ1v) is 7.29. The Balaban J connectivity index is 5.52. The van der Waals surface area contributed by atoms with Crippen molar-refractivity contribution in [3.05, 3.63) is 0 Å². The number of hydrogen-bond acceptors (Lipinski definition) is 4. The van der Waals surface area contributed by atoms with Crippen LogP contribution in [0.4, 0.5) is 0 Å². The zero-order chi connectivity index (χ0) is 12.5. The van der Waals surface area contributed by atoms with E-state index in [0.29, 0.717) is 0 Å². The second-order valence-corrected chi connectivity index (χ2v) is 10.1. The van der Waals surface area contributed by atoms with Gasteiger partial charge in [0.2, 0.25) is 0 Å². The number of aldehydes is 1. The molecule has 5 atom stereocenters. The number of nitrogens with two attached hydrogens (primary N) is 1. The summed E-state index contributed by atoms with van der Waals surface area (Å²) < 4.78 is -0.656. The molecule has 0 spiro atoms. The van der Waals surface area contributed by atoms with Gasteiger partial charge in [-0.2, -0.15) is 0 Å². The highest BCUT2D eigenvalue weighted by Gasteiger charge is 2.57. The minimum atomic E-state index is -1.98. The van der Waals surface area contributed by atoms with Crippen LogP contribution in [0.1, 0.15) is 0 Å². The first kappa shape index (κ1) is 16.2. The molecule has 0 aromatic heterocycles. The van der Waals surface area contributed by atoms with E-state index in [1.165, 1.54) is 11.8 Å². The minimum absolute atomic E-state index is 0.258. The van der Waals surface area contributed by atoms with Crippen LogP contribution in [0.3, 0.4) is 0 Å². The molecule has 0 aromatic carbocycles. The summed E-state index contributed by atoms with van der Waals surface area (Å²) >= 11 is 1.38. The summed E-state index contributed by atoms with van der Waals surface area (Å²) in [6.07, 6.45) is 2.06. The van der Waals surface area contributed by atoms with E-state index in [1.54, 1.807) is 6.26 Å². The Morgan fingerprint density at radius 1 is 1.40 bits per heavy atom. The molecule has 15 heavy (non-hydrogen) atoms. The molecule has 0 heterocycles. The van der Waals surface area contributed by atoms with Crippen molar-refractivity contribution >= 4 is 61.0 Å². The van der Waals surface area contributed by atoms with Crippen molar-refractivity contribution in [2.24, 2.45) is 5.73 Å². The summed E-state index contributed by atoms with van der Waals surface area (Å²) in [6, 6.07) is 0. The first-order chi connectivity index (χ1) is 6.56. The molecular formula is C6H15NO3P4S. The van der Waals surface area contributed by atoms with Gasteiger partial charge in [-0.05, 0) is 6.26 Å². The van der Waals surface area contributed by atoms with Gasteiger partial charge in [0.15, 0.2) is 11.8 Å². The van der Waals surface area contributed by atoms with E-state index in [4.69, 9.17) is 10.8 Å². The fraction of sp³-hybridized carbons (Fsp3) is 0.667. The number of carboxylic acid groups (broad SMARTS) is 1. The molecule has 4 nitrogen and oxygen atoms in total. The maximum absolute atomic E-state index is 11.1. The maximum Gasteiger partial charge on any atom is 0.332 e. The molecule has 0 aromatic rings. The quantitative estimate of drug-likeness (QED) is 0.430. The van der Waals surface area contributed by atoms with Crippen molar-refractivity contribution in [2.75, 3.05) is 6.26 Å². The molecule has 0 aliphatic heterocycles. The van der Waals surface area contributed by atoms with Crippen molar-refractivity contribution < 1.29 is 14.7 Å². The van der Waals surface area contributed by atoms with E-state index in [1.807, 2.05) is 0 Å². The molecule has 0 aliphatic rings. The van der Waals surface area contributed by atoms with E-state index in [-0.39, 0.29) is 6.29 Å². The number of hydrogen-bond donors (Lipinski definition) is 2. The average Bonchev–Trinajstić information content (AvgIpc) is 2.15. The van der Waals surface area contributed by atoms with Gasteiger partial charge in [0.1, 0.15) is 0 Å². The van der Waals surface area contributed by atoms with E-state index in [0.717, 1.165) is 0 Å². The van der Waals surface area contributed by atoms with Gasteiger partial charge in [0, 0.05) is 0 Å². The summed E-state index contributed by atoms with van der Waals surface area (Å²) in [5.41, 5.74) is 3.65. The van der Waals surface area contributed by atoms with Crippen LogP contribution in [0.25, 0.3) is 0 Å². The lowest BCUT2D eigenvalue weighted by Gasteiger charge is -2.46. The third-order valence-electron chi connectivity index (χ3n) is 2.21. The van der Waals surface area contributed by atoms with Crippen LogP contribution >= 0.6 is 48.7 Å². The average molecular weight is 305 g/mol. The lowest BCUT2D eigenvalue weighted by Crippen LogP contribution is -2.65. The monoisotopic (exact) mass is 305 g/mol. The van der Waals surface area contributed by atoms with E-state index >= 15 is 0 Å². The fourth-order valence-electron chi connectivity index (χ4n) is 0.817. The van der Waals surface area contributed by atoms with Crippen LogP contribution in [-0.2, 0) is 9.59 Å². The van der Waals surface area contributed by atoms with Gasteiger partial charge in [-0.3, -0.25) is 0 Å². The molecule has 9 heteroatoms.